The summed E-state index contributed by atoms with van der Waals surface area (Å²) >= 11 is 9.03. The normalized spacial score (nSPS) is 13.0. The average Bonchev–Trinajstić information content (AvgIpc) is 3.02. The molecule has 132 valence electrons. The number of rotatable bonds is 7. The van der Waals surface area contributed by atoms with Crippen molar-refractivity contribution in [1.29, 1.82) is 0 Å². The van der Waals surface area contributed by atoms with Crippen LogP contribution in [0.4, 0.5) is 5.00 Å². The van der Waals surface area contributed by atoms with E-state index in [1.165, 1.54) is 28.0 Å². The van der Waals surface area contributed by atoms with Crippen LogP contribution < -0.4 is 4.90 Å². The fraction of sp³-hybridized carbons (Fsp3) is 0.400. The first-order valence-corrected chi connectivity index (χ1v) is 9.66. The Hall–Kier alpha value is -1.80. The molecule has 10 heteroatoms. The number of hydrogen-bond donors (Lipinski definition) is 0. The molecule has 0 aliphatic rings. The van der Waals surface area contributed by atoms with Gasteiger partial charge >= 0.3 is 0 Å². The zero-order chi connectivity index (χ0) is 18.4. The minimum atomic E-state index is -0.260. The van der Waals surface area contributed by atoms with Gasteiger partial charge in [0.15, 0.2) is 5.15 Å². The summed E-state index contributed by atoms with van der Waals surface area (Å²) in [6.45, 7) is 3.78. The van der Waals surface area contributed by atoms with Gasteiger partial charge in [-0.25, -0.2) is 4.98 Å². The van der Waals surface area contributed by atoms with Crippen LogP contribution in [0.25, 0.3) is 21.0 Å². The lowest BCUT2D eigenvalue weighted by Crippen LogP contribution is -2.35. The highest BCUT2D eigenvalue weighted by Crippen LogP contribution is 2.37. The third-order valence-corrected chi connectivity index (χ3v) is 6.42. The van der Waals surface area contributed by atoms with Crippen molar-refractivity contribution in [2.75, 3.05) is 17.8 Å². The number of aromatic nitrogens is 2. The Bertz CT molecular complexity index is 778. The summed E-state index contributed by atoms with van der Waals surface area (Å²) in [5.74, 6) is -0.0287. The molecule has 2 unspecified atom stereocenters. The monoisotopic (exact) mass is 396 g/mol. The van der Waals surface area contributed by atoms with Crippen LogP contribution in [0.1, 0.15) is 13.8 Å². The molecule has 0 aliphatic carbocycles. The number of azide groups is 1. The third-order valence-electron chi connectivity index (χ3n) is 3.67. The molecule has 0 fully saturated rings. The van der Waals surface area contributed by atoms with Crippen molar-refractivity contribution in [3.8, 4) is 10.6 Å². The summed E-state index contributed by atoms with van der Waals surface area (Å²) in [5.41, 5.74) is 9.19. The van der Waals surface area contributed by atoms with Gasteiger partial charge in [-0.3, -0.25) is 9.78 Å². The minimum absolute atomic E-state index is 0.00457. The second kappa shape index (κ2) is 9.05. The number of carbonyl (C=O) groups excluding carboxylic acids is 1. The Balaban J connectivity index is 2.14. The molecule has 2 rings (SSSR count). The van der Waals surface area contributed by atoms with Gasteiger partial charge in [-0.15, -0.1) is 0 Å². The maximum atomic E-state index is 12.7. The number of hydrogen-bond acceptors (Lipinski definition) is 6. The number of halogens is 1. The number of anilines is 1. The molecule has 0 radical (unpaired) electrons. The van der Waals surface area contributed by atoms with Crippen molar-refractivity contribution >= 4 is 45.6 Å². The predicted molar refractivity (Wildman–Crippen MR) is 104 cm³/mol. The lowest BCUT2D eigenvalue weighted by atomic mass is 10.1. The van der Waals surface area contributed by atoms with Crippen LogP contribution in [0, 0.1) is 5.92 Å². The number of amides is 1. The molecule has 0 spiro atoms. The van der Waals surface area contributed by atoms with E-state index >= 15 is 0 Å². The van der Waals surface area contributed by atoms with E-state index in [9.17, 15) is 4.79 Å². The van der Waals surface area contributed by atoms with Crippen molar-refractivity contribution in [3.63, 3.8) is 0 Å². The van der Waals surface area contributed by atoms with Gasteiger partial charge in [0.1, 0.15) is 10.0 Å². The van der Waals surface area contributed by atoms with E-state index in [-0.39, 0.29) is 17.1 Å². The van der Waals surface area contributed by atoms with Crippen molar-refractivity contribution in [3.05, 3.63) is 40.1 Å². The number of thioether (sulfide) groups is 1. The molecular weight excluding hydrogens is 380 g/mol. The SMILES string of the molecule is CC(SCN=[N+]=[N-])C(C)C(=O)N(C)c1sc(-c2cccnc2)nc1Cl. The average molecular weight is 397 g/mol. The highest BCUT2D eigenvalue weighted by molar-refractivity contribution is 7.99. The predicted octanol–water partition coefficient (Wildman–Crippen LogP) is 4.85. The molecule has 2 aromatic heterocycles. The first-order chi connectivity index (χ1) is 12.0. The second-order valence-electron chi connectivity index (χ2n) is 5.27. The fourth-order valence-corrected chi connectivity index (χ4v) is 4.09. The smallest absolute Gasteiger partial charge is 0.231 e. The molecule has 0 aromatic carbocycles. The zero-order valence-corrected chi connectivity index (χ0v) is 16.3. The van der Waals surface area contributed by atoms with E-state index in [1.807, 2.05) is 26.0 Å². The van der Waals surface area contributed by atoms with Crippen LogP contribution in [0.3, 0.4) is 0 Å². The molecule has 1 amide bonds. The minimum Gasteiger partial charge on any atom is -0.304 e. The Morgan fingerprint density at radius 2 is 2.32 bits per heavy atom. The van der Waals surface area contributed by atoms with Gasteiger partial charge < -0.3 is 4.90 Å². The summed E-state index contributed by atoms with van der Waals surface area (Å²) in [4.78, 5) is 25.4. The molecule has 0 aliphatic heterocycles. The molecule has 0 saturated carbocycles. The number of carbonyl (C=O) groups is 1. The molecule has 2 atom stereocenters. The van der Waals surface area contributed by atoms with E-state index in [1.54, 1.807) is 19.4 Å². The van der Waals surface area contributed by atoms with Gasteiger partial charge in [0.25, 0.3) is 0 Å². The molecule has 0 bridgehead atoms. The largest absolute Gasteiger partial charge is 0.304 e. The Morgan fingerprint density at radius 1 is 1.56 bits per heavy atom. The molecular formula is C15H17ClN6OS2. The maximum absolute atomic E-state index is 12.7. The number of nitrogens with zero attached hydrogens (tertiary/aromatic N) is 6. The highest BCUT2D eigenvalue weighted by atomic mass is 35.5. The van der Waals surface area contributed by atoms with Gasteiger partial charge in [-0.2, -0.15) is 11.8 Å². The summed E-state index contributed by atoms with van der Waals surface area (Å²) in [6, 6.07) is 3.72. The van der Waals surface area contributed by atoms with Gasteiger partial charge in [0.05, 0.1) is 5.88 Å². The van der Waals surface area contributed by atoms with Crippen molar-refractivity contribution in [1.82, 2.24) is 9.97 Å². The summed E-state index contributed by atoms with van der Waals surface area (Å²) in [6.07, 6.45) is 3.39. The van der Waals surface area contributed by atoms with Crippen LogP contribution >= 0.6 is 34.7 Å². The van der Waals surface area contributed by atoms with E-state index in [0.29, 0.717) is 21.0 Å². The van der Waals surface area contributed by atoms with E-state index in [4.69, 9.17) is 17.1 Å². The van der Waals surface area contributed by atoms with Crippen molar-refractivity contribution < 1.29 is 4.79 Å². The van der Waals surface area contributed by atoms with Gasteiger partial charge in [0, 0.05) is 41.1 Å². The Labute approximate surface area is 159 Å². The maximum Gasteiger partial charge on any atom is 0.231 e. The third kappa shape index (κ3) is 4.85. The summed E-state index contributed by atoms with van der Waals surface area (Å²) < 4.78 is 0. The molecule has 0 saturated heterocycles. The van der Waals surface area contributed by atoms with Crippen LogP contribution in [0.2, 0.25) is 5.15 Å². The quantitative estimate of drug-likeness (QED) is 0.379. The number of thiazole rings is 1. The Kier molecular flexibility index (Phi) is 7.07. The number of pyridine rings is 1. The molecule has 2 heterocycles. The lowest BCUT2D eigenvalue weighted by Gasteiger charge is -2.23. The zero-order valence-electron chi connectivity index (χ0n) is 14.0. The molecule has 2 aromatic rings. The van der Waals surface area contributed by atoms with Gasteiger partial charge in [0.2, 0.25) is 5.91 Å². The first kappa shape index (κ1) is 19.5. The van der Waals surface area contributed by atoms with Crippen LogP contribution in [-0.2, 0) is 4.79 Å². The van der Waals surface area contributed by atoms with E-state index < -0.39 is 0 Å². The fourth-order valence-electron chi connectivity index (χ4n) is 2.04. The summed E-state index contributed by atoms with van der Waals surface area (Å²) in [7, 11) is 1.69. The van der Waals surface area contributed by atoms with E-state index in [2.05, 4.69) is 20.0 Å². The van der Waals surface area contributed by atoms with Gasteiger partial charge in [-0.1, -0.05) is 41.9 Å². The molecule has 25 heavy (non-hydrogen) atoms. The van der Waals surface area contributed by atoms with Crippen molar-refractivity contribution in [2.24, 2.45) is 11.0 Å². The summed E-state index contributed by atoms with van der Waals surface area (Å²) in [5, 5.41) is 5.10. The van der Waals surface area contributed by atoms with Crippen molar-refractivity contribution in [2.45, 2.75) is 19.1 Å². The van der Waals surface area contributed by atoms with Crippen LogP contribution in [0.5, 0.6) is 0 Å². The topological polar surface area (TPSA) is 94.9 Å². The first-order valence-electron chi connectivity index (χ1n) is 7.42. The molecule has 7 nitrogen and oxygen atoms in total. The van der Waals surface area contributed by atoms with E-state index in [0.717, 1.165) is 5.56 Å². The standard InChI is InChI=1S/C15H17ClN6OS2/c1-9(10(2)24-8-19-21-17)14(23)22(3)15-12(16)20-13(25-15)11-5-4-6-18-7-11/h4-7,9-10H,8H2,1-3H3. The highest BCUT2D eigenvalue weighted by Gasteiger charge is 2.27. The Morgan fingerprint density at radius 3 is 2.96 bits per heavy atom. The lowest BCUT2D eigenvalue weighted by molar-refractivity contribution is -0.121. The van der Waals surface area contributed by atoms with Crippen LogP contribution in [0.15, 0.2) is 29.6 Å². The second-order valence-corrected chi connectivity index (χ2v) is 7.94. The molecule has 0 N–H and O–H groups in total. The van der Waals surface area contributed by atoms with Crippen LogP contribution in [-0.4, -0.2) is 34.0 Å². The van der Waals surface area contributed by atoms with Gasteiger partial charge in [-0.05, 0) is 17.7 Å².